The summed E-state index contributed by atoms with van der Waals surface area (Å²) >= 11 is 0. The van der Waals surface area contributed by atoms with Gasteiger partial charge in [-0.3, -0.25) is 0 Å². The van der Waals surface area contributed by atoms with Crippen LogP contribution in [0.1, 0.15) is 31.0 Å². The number of hydrogen-bond donors (Lipinski definition) is 1. The summed E-state index contributed by atoms with van der Waals surface area (Å²) in [5, 5.41) is 15.4. The number of anilines is 1. The highest BCUT2D eigenvalue weighted by molar-refractivity contribution is 5.77. The molecular weight excluding hydrogens is 316 g/mol. The van der Waals surface area contributed by atoms with Gasteiger partial charge in [-0.05, 0) is 31.2 Å². The molecule has 8 heteroatoms. The van der Waals surface area contributed by atoms with Crippen LogP contribution in [-0.4, -0.2) is 19.8 Å². The first-order valence-electron chi connectivity index (χ1n) is 7.37. The first-order chi connectivity index (χ1) is 11.6. The molecule has 6 nitrogen and oxygen atoms in total. The summed E-state index contributed by atoms with van der Waals surface area (Å²) in [6.45, 7) is 1.91. The number of hydrogen-bond acceptors (Lipinski definition) is 5. The Bertz CT molecular complexity index is 977. The minimum atomic E-state index is -2.74. The number of rotatable bonds is 4. The van der Waals surface area contributed by atoms with Gasteiger partial charge < -0.3 is 9.73 Å². The number of nitrogens with one attached hydrogen (secondary N) is 1. The Morgan fingerprint density at radius 2 is 1.96 bits per heavy atom. The maximum Gasteiger partial charge on any atom is 0.299 e. The third-order valence-electron chi connectivity index (χ3n) is 3.72. The van der Waals surface area contributed by atoms with Gasteiger partial charge in [-0.15, -0.1) is 15.3 Å². The molecule has 0 aliphatic heterocycles. The average molecular weight is 329 g/mol. The van der Waals surface area contributed by atoms with E-state index in [1.54, 1.807) is 12.1 Å². The zero-order valence-electron chi connectivity index (χ0n) is 12.6. The molecule has 0 saturated carbocycles. The smallest absolute Gasteiger partial charge is 0.299 e. The van der Waals surface area contributed by atoms with Crippen molar-refractivity contribution in [1.82, 2.24) is 19.8 Å². The van der Waals surface area contributed by atoms with Gasteiger partial charge in [0.2, 0.25) is 5.82 Å². The second-order valence-corrected chi connectivity index (χ2v) is 5.40. The van der Waals surface area contributed by atoms with E-state index >= 15 is 0 Å². The third kappa shape index (κ3) is 2.45. The molecule has 4 aromatic rings. The van der Waals surface area contributed by atoms with Crippen LogP contribution < -0.4 is 5.32 Å². The largest absolute Gasteiger partial charge is 0.459 e. The fourth-order valence-corrected chi connectivity index (χ4v) is 2.53. The summed E-state index contributed by atoms with van der Waals surface area (Å²) in [4.78, 5) is 0. The lowest BCUT2D eigenvalue weighted by molar-refractivity contribution is 0.137. The summed E-state index contributed by atoms with van der Waals surface area (Å²) in [7, 11) is 0. The zero-order chi connectivity index (χ0) is 16.7. The lowest BCUT2D eigenvalue weighted by atomic mass is 10.2. The zero-order valence-corrected chi connectivity index (χ0v) is 12.6. The van der Waals surface area contributed by atoms with Gasteiger partial charge in [0.25, 0.3) is 6.43 Å². The molecule has 0 aliphatic rings. The van der Waals surface area contributed by atoms with Gasteiger partial charge >= 0.3 is 0 Å². The molecule has 0 radical (unpaired) electrons. The van der Waals surface area contributed by atoms with Crippen molar-refractivity contribution in [3.05, 3.63) is 54.0 Å². The minimum absolute atomic E-state index is 0.186. The summed E-state index contributed by atoms with van der Waals surface area (Å²) in [5.74, 6) is 0.679. The molecule has 0 bridgehead atoms. The quantitative estimate of drug-likeness (QED) is 0.613. The molecule has 1 atom stereocenters. The van der Waals surface area contributed by atoms with E-state index in [1.807, 2.05) is 37.3 Å². The molecule has 1 aromatic carbocycles. The average Bonchev–Trinajstić information content (AvgIpc) is 3.18. The normalized spacial score (nSPS) is 13.0. The molecular formula is C16H13F2N5O. The Balaban J connectivity index is 1.64. The van der Waals surface area contributed by atoms with Crippen LogP contribution in [0.25, 0.3) is 16.6 Å². The Morgan fingerprint density at radius 1 is 1.12 bits per heavy atom. The van der Waals surface area contributed by atoms with Crippen molar-refractivity contribution in [2.24, 2.45) is 0 Å². The Morgan fingerprint density at radius 3 is 2.75 bits per heavy atom. The van der Waals surface area contributed by atoms with Crippen LogP contribution in [0.5, 0.6) is 0 Å². The van der Waals surface area contributed by atoms with Crippen LogP contribution in [0.3, 0.4) is 0 Å². The molecule has 0 amide bonds. The molecule has 24 heavy (non-hydrogen) atoms. The molecule has 0 fully saturated rings. The maximum absolute atomic E-state index is 12.9. The second kappa shape index (κ2) is 5.55. The van der Waals surface area contributed by atoms with E-state index in [4.69, 9.17) is 4.42 Å². The van der Waals surface area contributed by atoms with E-state index in [0.29, 0.717) is 5.82 Å². The third-order valence-corrected chi connectivity index (χ3v) is 3.72. The van der Waals surface area contributed by atoms with Gasteiger partial charge in [-0.1, -0.05) is 18.2 Å². The van der Waals surface area contributed by atoms with Crippen LogP contribution >= 0.6 is 0 Å². The van der Waals surface area contributed by atoms with Crippen LogP contribution in [0, 0.1) is 0 Å². The first-order valence-corrected chi connectivity index (χ1v) is 7.37. The van der Waals surface area contributed by atoms with Crippen LogP contribution in [-0.2, 0) is 0 Å². The van der Waals surface area contributed by atoms with Crippen molar-refractivity contribution < 1.29 is 13.2 Å². The van der Waals surface area contributed by atoms with Gasteiger partial charge in [0.15, 0.2) is 5.65 Å². The van der Waals surface area contributed by atoms with E-state index < -0.39 is 12.2 Å². The molecule has 3 heterocycles. The van der Waals surface area contributed by atoms with Gasteiger partial charge in [-0.2, -0.15) is 4.52 Å². The highest BCUT2D eigenvalue weighted by Gasteiger charge is 2.18. The fourth-order valence-electron chi connectivity index (χ4n) is 2.53. The molecule has 1 N–H and O–H groups in total. The standard InChI is InChI=1S/C16H13F2N5O/c1-9(12-8-10-4-2-3-5-11(10)24-12)19-13-6-7-14-20-21-16(15(17)18)23(14)22-13/h2-9,15H,1H3,(H,19,22)/t9-/m1/s1. The molecule has 122 valence electrons. The predicted molar refractivity (Wildman–Crippen MR) is 84.0 cm³/mol. The van der Waals surface area contributed by atoms with Crippen molar-refractivity contribution >= 4 is 22.4 Å². The summed E-state index contributed by atoms with van der Waals surface area (Å²) in [5.41, 5.74) is 1.07. The van der Waals surface area contributed by atoms with E-state index in [2.05, 4.69) is 20.6 Å². The molecule has 0 unspecified atom stereocenters. The highest BCUT2D eigenvalue weighted by Crippen LogP contribution is 2.26. The number of aromatic nitrogens is 4. The second-order valence-electron chi connectivity index (χ2n) is 5.40. The number of halogens is 2. The van der Waals surface area contributed by atoms with Gasteiger partial charge in [0.05, 0.1) is 6.04 Å². The Labute approximate surface area is 135 Å². The Hall–Kier alpha value is -3.03. The highest BCUT2D eigenvalue weighted by atomic mass is 19.3. The van der Waals surface area contributed by atoms with Crippen molar-refractivity contribution in [3.8, 4) is 0 Å². The van der Waals surface area contributed by atoms with Crippen LogP contribution in [0.15, 0.2) is 46.9 Å². The molecule has 0 spiro atoms. The van der Waals surface area contributed by atoms with Gasteiger partial charge in [0, 0.05) is 5.39 Å². The molecule has 0 aliphatic carbocycles. The first kappa shape index (κ1) is 14.6. The topological polar surface area (TPSA) is 68.2 Å². The van der Waals surface area contributed by atoms with Crippen molar-refractivity contribution in [2.45, 2.75) is 19.4 Å². The lowest BCUT2D eigenvalue weighted by Crippen LogP contribution is -2.09. The van der Waals surface area contributed by atoms with Crippen molar-refractivity contribution in [1.29, 1.82) is 0 Å². The minimum Gasteiger partial charge on any atom is -0.459 e. The lowest BCUT2D eigenvalue weighted by Gasteiger charge is -2.12. The number of furan rings is 1. The monoisotopic (exact) mass is 329 g/mol. The van der Waals surface area contributed by atoms with E-state index in [1.165, 1.54) is 0 Å². The van der Waals surface area contributed by atoms with E-state index in [9.17, 15) is 8.78 Å². The molecule has 0 saturated heterocycles. The van der Waals surface area contributed by atoms with E-state index in [-0.39, 0.29) is 11.7 Å². The SMILES string of the molecule is C[C@@H](Nc1ccc2nnc(C(F)F)n2n1)c1cc2ccccc2o1. The number of nitrogens with zero attached hydrogens (tertiary/aromatic N) is 4. The van der Waals surface area contributed by atoms with E-state index in [0.717, 1.165) is 21.2 Å². The number of fused-ring (bicyclic) bond motifs is 2. The van der Waals surface area contributed by atoms with Gasteiger partial charge in [0.1, 0.15) is 17.2 Å². The number of benzene rings is 1. The molecule has 3 aromatic heterocycles. The Kier molecular flexibility index (Phi) is 3.37. The van der Waals surface area contributed by atoms with Gasteiger partial charge in [-0.25, -0.2) is 8.78 Å². The van der Waals surface area contributed by atoms with Crippen LogP contribution in [0.4, 0.5) is 14.6 Å². The predicted octanol–water partition coefficient (Wildman–Crippen LogP) is 3.98. The van der Waals surface area contributed by atoms with Crippen molar-refractivity contribution in [3.63, 3.8) is 0 Å². The maximum atomic E-state index is 12.9. The van der Waals surface area contributed by atoms with Crippen molar-refractivity contribution in [2.75, 3.05) is 5.32 Å². The van der Waals surface area contributed by atoms with Crippen LogP contribution in [0.2, 0.25) is 0 Å². The fraction of sp³-hybridized carbons (Fsp3) is 0.188. The summed E-state index contributed by atoms with van der Waals surface area (Å²) in [6.07, 6.45) is -2.74. The number of alkyl halides is 2. The number of para-hydroxylation sites is 1. The summed E-state index contributed by atoms with van der Waals surface area (Å²) in [6, 6.07) is 12.7. The molecule has 4 rings (SSSR count). The summed E-state index contributed by atoms with van der Waals surface area (Å²) < 4.78 is 32.7.